The quantitative estimate of drug-likeness (QED) is 0.494. The van der Waals surface area contributed by atoms with E-state index in [0.717, 1.165) is 35.1 Å². The molecular formula is C25H29BrN4O2. The monoisotopic (exact) mass is 496 g/mol. The topological polar surface area (TPSA) is 71.3 Å². The maximum Gasteiger partial charge on any atom is 0.241 e. The lowest BCUT2D eigenvalue weighted by molar-refractivity contribution is -0.121. The highest BCUT2D eigenvalue weighted by atomic mass is 79.9. The molecule has 1 fully saturated rings. The van der Waals surface area contributed by atoms with Crippen LogP contribution in [0.2, 0.25) is 0 Å². The molecule has 3 aromatic rings. The Kier molecular flexibility index (Phi) is 6.76. The Balaban J connectivity index is 1.35. The highest BCUT2D eigenvalue weighted by molar-refractivity contribution is 9.10. The molecule has 7 heteroatoms. The molecule has 2 aromatic carbocycles. The molecule has 1 aliphatic rings. The van der Waals surface area contributed by atoms with Gasteiger partial charge in [-0.1, -0.05) is 66.1 Å². The van der Waals surface area contributed by atoms with Crippen LogP contribution in [0.3, 0.4) is 0 Å². The smallest absolute Gasteiger partial charge is 0.241 e. The molecule has 1 N–H and O–H groups in total. The number of rotatable bonds is 5. The van der Waals surface area contributed by atoms with E-state index in [1.54, 1.807) is 0 Å². The Labute approximate surface area is 197 Å². The summed E-state index contributed by atoms with van der Waals surface area (Å²) in [5.41, 5.74) is 3.13. The number of halogens is 1. The molecule has 2 heterocycles. The molecule has 4 rings (SSSR count). The number of anilines is 1. The summed E-state index contributed by atoms with van der Waals surface area (Å²) in [5, 5.41) is 7.19. The normalized spacial score (nSPS) is 17.3. The molecule has 1 aromatic heterocycles. The summed E-state index contributed by atoms with van der Waals surface area (Å²) in [5.74, 6) is 1.18. The molecule has 0 spiro atoms. The summed E-state index contributed by atoms with van der Waals surface area (Å²) in [4.78, 5) is 19.5. The van der Waals surface area contributed by atoms with Crippen molar-refractivity contribution in [2.75, 3.05) is 18.4 Å². The number of likely N-dealkylation sites (tertiary alicyclic amines) is 1. The van der Waals surface area contributed by atoms with Crippen molar-refractivity contribution in [3.63, 3.8) is 0 Å². The molecule has 0 bridgehead atoms. The SMILES string of the molecule is CC(C)(C)c1ccc(-c2noc(CN3CCCC(C(=O)Nc4ccc(Br)cc4)C3)n2)cc1. The number of hydrogen-bond acceptors (Lipinski definition) is 5. The second-order valence-corrected chi connectivity index (χ2v) is 10.3. The lowest BCUT2D eigenvalue weighted by Gasteiger charge is -2.30. The molecule has 1 unspecified atom stereocenters. The standard InChI is InChI=1S/C25H29BrN4O2/c1-25(2,3)19-8-6-17(7-9-19)23-28-22(32-29-23)16-30-14-4-5-18(15-30)24(31)27-21-12-10-20(26)11-13-21/h6-13,18H,4-5,14-16H2,1-3H3,(H,27,31). The molecule has 168 valence electrons. The van der Waals surface area contributed by atoms with E-state index >= 15 is 0 Å². The van der Waals surface area contributed by atoms with E-state index in [0.29, 0.717) is 24.8 Å². The molecule has 32 heavy (non-hydrogen) atoms. The molecular weight excluding hydrogens is 468 g/mol. The van der Waals surface area contributed by atoms with Gasteiger partial charge in [0.1, 0.15) is 0 Å². The van der Waals surface area contributed by atoms with Crippen LogP contribution in [0.4, 0.5) is 5.69 Å². The Bertz CT molecular complexity index is 1050. The summed E-state index contributed by atoms with van der Waals surface area (Å²) in [7, 11) is 0. The van der Waals surface area contributed by atoms with Crippen molar-refractivity contribution >= 4 is 27.5 Å². The highest BCUT2D eigenvalue weighted by Gasteiger charge is 2.27. The van der Waals surface area contributed by atoms with Crippen molar-refractivity contribution < 1.29 is 9.32 Å². The first-order chi connectivity index (χ1) is 15.3. The fraction of sp³-hybridized carbons (Fsp3) is 0.400. The second kappa shape index (κ2) is 9.55. The molecule has 0 saturated carbocycles. The van der Waals surface area contributed by atoms with Crippen molar-refractivity contribution in [2.45, 2.75) is 45.6 Å². The minimum atomic E-state index is -0.0558. The number of carbonyl (C=O) groups is 1. The molecule has 1 aliphatic heterocycles. The van der Waals surface area contributed by atoms with Crippen molar-refractivity contribution in [1.29, 1.82) is 0 Å². The summed E-state index contributed by atoms with van der Waals surface area (Å²) < 4.78 is 6.50. The van der Waals surface area contributed by atoms with Gasteiger partial charge in [-0.25, -0.2) is 0 Å². The lowest BCUT2D eigenvalue weighted by atomic mass is 9.87. The number of hydrogen-bond donors (Lipinski definition) is 1. The molecule has 0 radical (unpaired) electrons. The van der Waals surface area contributed by atoms with Crippen molar-refractivity contribution in [3.05, 3.63) is 64.5 Å². The average Bonchev–Trinajstić information content (AvgIpc) is 3.23. The predicted octanol–water partition coefficient (Wildman–Crippen LogP) is 5.65. The largest absolute Gasteiger partial charge is 0.338 e. The first kappa shape index (κ1) is 22.7. The van der Waals surface area contributed by atoms with Crippen LogP contribution < -0.4 is 5.32 Å². The zero-order valence-corrected chi connectivity index (χ0v) is 20.4. The van der Waals surface area contributed by atoms with Gasteiger partial charge >= 0.3 is 0 Å². The molecule has 1 saturated heterocycles. The molecule has 1 atom stereocenters. The van der Waals surface area contributed by atoms with E-state index in [1.165, 1.54) is 5.56 Å². The van der Waals surface area contributed by atoms with Crippen molar-refractivity contribution in [1.82, 2.24) is 15.0 Å². The minimum absolute atomic E-state index is 0.0558. The Hall–Kier alpha value is -2.51. The number of nitrogens with zero attached hydrogens (tertiary/aromatic N) is 3. The third-order valence-corrected chi connectivity index (χ3v) is 6.35. The van der Waals surface area contributed by atoms with E-state index in [1.807, 2.05) is 36.4 Å². The van der Waals surface area contributed by atoms with Gasteiger partial charge < -0.3 is 9.84 Å². The van der Waals surface area contributed by atoms with Gasteiger partial charge in [0, 0.05) is 22.3 Å². The summed E-state index contributed by atoms with van der Waals surface area (Å²) in [6.07, 6.45) is 1.85. The minimum Gasteiger partial charge on any atom is -0.338 e. The summed E-state index contributed by atoms with van der Waals surface area (Å²) in [6, 6.07) is 16.0. The molecule has 1 amide bonds. The van der Waals surface area contributed by atoms with E-state index in [4.69, 9.17) is 4.52 Å². The number of carbonyl (C=O) groups excluding carboxylic acids is 1. The van der Waals surface area contributed by atoms with Gasteiger partial charge in [0.05, 0.1) is 12.5 Å². The van der Waals surface area contributed by atoms with E-state index in [-0.39, 0.29) is 17.2 Å². The third-order valence-electron chi connectivity index (χ3n) is 5.82. The fourth-order valence-electron chi connectivity index (χ4n) is 3.94. The maximum absolute atomic E-state index is 12.7. The van der Waals surface area contributed by atoms with E-state index in [9.17, 15) is 4.79 Å². The van der Waals surface area contributed by atoms with Crippen LogP contribution >= 0.6 is 15.9 Å². The van der Waals surface area contributed by atoms with Gasteiger partial charge in [-0.05, 0) is 54.6 Å². The van der Waals surface area contributed by atoms with Gasteiger partial charge in [0.25, 0.3) is 0 Å². The number of benzene rings is 2. The van der Waals surface area contributed by atoms with Crippen LogP contribution in [0.15, 0.2) is 57.5 Å². The van der Waals surface area contributed by atoms with E-state index in [2.05, 4.69) is 69.2 Å². The van der Waals surface area contributed by atoms with E-state index < -0.39 is 0 Å². The first-order valence-electron chi connectivity index (χ1n) is 11.0. The van der Waals surface area contributed by atoms with Crippen LogP contribution in [0.1, 0.15) is 45.1 Å². The number of piperidine rings is 1. The Morgan fingerprint density at radius 1 is 1.16 bits per heavy atom. The van der Waals surface area contributed by atoms with Crippen molar-refractivity contribution in [2.24, 2.45) is 5.92 Å². The number of nitrogens with one attached hydrogen (secondary N) is 1. The van der Waals surface area contributed by atoms with Crippen LogP contribution in [0, 0.1) is 5.92 Å². The zero-order valence-electron chi connectivity index (χ0n) is 18.8. The molecule has 0 aliphatic carbocycles. The zero-order chi connectivity index (χ0) is 22.7. The lowest BCUT2D eigenvalue weighted by Crippen LogP contribution is -2.40. The number of aromatic nitrogens is 2. The summed E-state index contributed by atoms with van der Waals surface area (Å²) in [6.45, 7) is 8.73. The van der Waals surface area contributed by atoms with Gasteiger partial charge in [-0.3, -0.25) is 9.69 Å². The van der Waals surface area contributed by atoms with Crippen LogP contribution in [0.25, 0.3) is 11.4 Å². The average molecular weight is 497 g/mol. The van der Waals surface area contributed by atoms with Gasteiger partial charge in [-0.15, -0.1) is 0 Å². The first-order valence-corrected chi connectivity index (χ1v) is 11.8. The Morgan fingerprint density at radius 3 is 2.56 bits per heavy atom. The fourth-order valence-corrected chi connectivity index (χ4v) is 4.20. The van der Waals surface area contributed by atoms with Crippen molar-refractivity contribution in [3.8, 4) is 11.4 Å². The third kappa shape index (κ3) is 5.64. The van der Waals surface area contributed by atoms with Crippen LogP contribution in [-0.2, 0) is 16.8 Å². The number of amides is 1. The highest BCUT2D eigenvalue weighted by Crippen LogP contribution is 2.26. The van der Waals surface area contributed by atoms with Crippen LogP contribution in [0.5, 0.6) is 0 Å². The summed E-state index contributed by atoms with van der Waals surface area (Å²) >= 11 is 3.42. The predicted molar refractivity (Wildman–Crippen MR) is 129 cm³/mol. The van der Waals surface area contributed by atoms with Gasteiger partial charge in [-0.2, -0.15) is 4.98 Å². The van der Waals surface area contributed by atoms with Gasteiger partial charge in [0.15, 0.2) is 0 Å². The van der Waals surface area contributed by atoms with Gasteiger partial charge in [0.2, 0.25) is 17.6 Å². The maximum atomic E-state index is 12.7. The van der Waals surface area contributed by atoms with Crippen LogP contribution in [-0.4, -0.2) is 34.0 Å². The molecule has 6 nitrogen and oxygen atoms in total. The Morgan fingerprint density at radius 2 is 1.88 bits per heavy atom. The second-order valence-electron chi connectivity index (χ2n) is 9.41.